The smallest absolute Gasteiger partial charge is 0.261 e. The lowest BCUT2D eigenvalue weighted by Crippen LogP contribution is -2.28. The number of anilines is 1. The number of furan rings is 1. The zero-order valence-electron chi connectivity index (χ0n) is 16.8. The number of carbonyl (C=O) groups excluding carboxylic acids is 3. The van der Waals surface area contributed by atoms with E-state index in [0.717, 1.165) is 10.5 Å². The third-order valence-electron chi connectivity index (χ3n) is 5.10. The van der Waals surface area contributed by atoms with E-state index in [4.69, 9.17) is 4.42 Å². The number of fused-ring (bicyclic) bond motifs is 1. The molecule has 1 aliphatic heterocycles. The summed E-state index contributed by atoms with van der Waals surface area (Å²) in [7, 11) is 0. The summed E-state index contributed by atoms with van der Waals surface area (Å²) < 4.78 is 6.93. The molecule has 0 radical (unpaired) electrons. The lowest BCUT2D eigenvalue weighted by Gasteiger charge is -2.11. The summed E-state index contributed by atoms with van der Waals surface area (Å²) in [4.78, 5) is 43.2. The number of amides is 3. The van der Waals surface area contributed by atoms with Gasteiger partial charge in [-0.05, 0) is 48.0 Å². The monoisotopic (exact) mass is 427 g/mol. The minimum atomic E-state index is -0.460. The highest BCUT2D eigenvalue weighted by Crippen LogP contribution is 2.26. The standard InChI is InChI=1S/C23H17N5O4/c29-21(25-20-7-10-27(26-20)13-15-5-8-24-9-6-15)16-3-4-18-19(12-16)23(31)28(22(18)30)14-17-2-1-11-32-17/h1-12H,13-14H2,(H,25,26,29). The van der Waals surface area contributed by atoms with Crippen LogP contribution in [0.2, 0.25) is 0 Å². The van der Waals surface area contributed by atoms with Crippen LogP contribution in [0.4, 0.5) is 5.82 Å². The van der Waals surface area contributed by atoms with Gasteiger partial charge >= 0.3 is 0 Å². The van der Waals surface area contributed by atoms with Gasteiger partial charge in [0.2, 0.25) is 0 Å². The molecule has 0 saturated carbocycles. The molecule has 0 fully saturated rings. The van der Waals surface area contributed by atoms with Crippen LogP contribution in [0.15, 0.2) is 77.8 Å². The second-order valence-electron chi connectivity index (χ2n) is 7.24. The maximum Gasteiger partial charge on any atom is 0.261 e. The van der Waals surface area contributed by atoms with Crippen LogP contribution in [-0.4, -0.2) is 37.4 Å². The Morgan fingerprint density at radius 2 is 1.78 bits per heavy atom. The van der Waals surface area contributed by atoms with E-state index >= 15 is 0 Å². The minimum Gasteiger partial charge on any atom is -0.467 e. The maximum atomic E-state index is 12.8. The third-order valence-corrected chi connectivity index (χ3v) is 5.10. The Balaban J connectivity index is 1.30. The van der Waals surface area contributed by atoms with Crippen LogP contribution in [0.5, 0.6) is 0 Å². The van der Waals surface area contributed by atoms with Gasteiger partial charge in [-0.3, -0.25) is 28.9 Å². The summed E-state index contributed by atoms with van der Waals surface area (Å²) in [6.07, 6.45) is 6.65. The average Bonchev–Trinajstić information content (AvgIpc) is 3.53. The van der Waals surface area contributed by atoms with E-state index < -0.39 is 17.7 Å². The van der Waals surface area contributed by atoms with Crippen molar-refractivity contribution in [1.29, 1.82) is 0 Å². The molecule has 0 atom stereocenters. The molecule has 9 heteroatoms. The van der Waals surface area contributed by atoms with Crippen LogP contribution in [0.3, 0.4) is 0 Å². The van der Waals surface area contributed by atoms with Gasteiger partial charge in [0.1, 0.15) is 5.76 Å². The topological polar surface area (TPSA) is 110 Å². The van der Waals surface area contributed by atoms with Crippen LogP contribution in [-0.2, 0) is 13.1 Å². The number of rotatable bonds is 6. The summed E-state index contributed by atoms with van der Waals surface area (Å²) in [5.41, 5.74) is 1.74. The van der Waals surface area contributed by atoms with Gasteiger partial charge in [0.15, 0.2) is 5.82 Å². The highest BCUT2D eigenvalue weighted by atomic mass is 16.3. The number of nitrogens with one attached hydrogen (secondary N) is 1. The second-order valence-corrected chi connectivity index (χ2v) is 7.24. The number of hydrogen-bond acceptors (Lipinski definition) is 6. The van der Waals surface area contributed by atoms with Crippen LogP contribution in [0, 0.1) is 0 Å². The van der Waals surface area contributed by atoms with Gasteiger partial charge in [-0.1, -0.05) is 0 Å². The quantitative estimate of drug-likeness (QED) is 0.474. The van der Waals surface area contributed by atoms with Gasteiger partial charge in [0.05, 0.1) is 30.5 Å². The fraction of sp³-hybridized carbons (Fsp3) is 0.0870. The first kappa shape index (κ1) is 19.4. The van der Waals surface area contributed by atoms with Crippen molar-refractivity contribution in [3.05, 3.63) is 101 Å². The van der Waals surface area contributed by atoms with Gasteiger partial charge in [-0.2, -0.15) is 5.10 Å². The molecular formula is C23H17N5O4. The Kier molecular flexibility index (Phi) is 4.83. The molecule has 5 rings (SSSR count). The summed E-state index contributed by atoms with van der Waals surface area (Å²) in [6.45, 7) is 0.579. The molecule has 4 aromatic rings. The van der Waals surface area contributed by atoms with Crippen molar-refractivity contribution in [3.63, 3.8) is 0 Å². The predicted molar refractivity (Wildman–Crippen MR) is 113 cm³/mol. The highest BCUT2D eigenvalue weighted by molar-refractivity contribution is 6.22. The Labute approximate surface area is 182 Å². The number of pyridine rings is 1. The van der Waals surface area contributed by atoms with Crippen molar-refractivity contribution >= 4 is 23.5 Å². The zero-order chi connectivity index (χ0) is 22.1. The first-order valence-electron chi connectivity index (χ1n) is 9.85. The minimum absolute atomic E-state index is 0.0375. The van der Waals surface area contributed by atoms with Crippen molar-refractivity contribution < 1.29 is 18.8 Å². The largest absolute Gasteiger partial charge is 0.467 e. The molecule has 0 aliphatic carbocycles. The molecular weight excluding hydrogens is 410 g/mol. The van der Waals surface area contributed by atoms with E-state index in [2.05, 4.69) is 15.4 Å². The first-order chi connectivity index (χ1) is 15.6. The summed E-state index contributed by atoms with van der Waals surface area (Å²) in [6, 6.07) is 13.3. The SMILES string of the molecule is O=C(Nc1ccn(Cc2ccncc2)n1)c1ccc2c(c1)C(=O)N(Cc1ccco1)C2=O. The molecule has 1 aliphatic rings. The second kappa shape index (κ2) is 7.95. The highest BCUT2D eigenvalue weighted by Gasteiger charge is 2.36. The average molecular weight is 427 g/mol. The number of benzene rings is 1. The van der Waals surface area contributed by atoms with Crippen molar-refractivity contribution in [1.82, 2.24) is 19.7 Å². The van der Waals surface area contributed by atoms with Crippen LogP contribution < -0.4 is 5.32 Å². The third kappa shape index (κ3) is 3.67. The Bertz CT molecular complexity index is 1310. The molecule has 3 aromatic heterocycles. The molecule has 3 amide bonds. The molecule has 0 unspecified atom stereocenters. The fourth-order valence-corrected chi connectivity index (χ4v) is 3.51. The Morgan fingerprint density at radius 3 is 2.56 bits per heavy atom. The summed E-state index contributed by atoms with van der Waals surface area (Å²) in [5.74, 6) is -0.418. The lowest BCUT2D eigenvalue weighted by atomic mass is 10.1. The van der Waals surface area contributed by atoms with Gasteiger partial charge in [0, 0.05) is 30.2 Å². The predicted octanol–water partition coefficient (Wildman–Crippen LogP) is 2.97. The number of hydrogen-bond donors (Lipinski definition) is 1. The van der Waals surface area contributed by atoms with Crippen LogP contribution in [0.1, 0.15) is 42.4 Å². The lowest BCUT2D eigenvalue weighted by molar-refractivity contribution is 0.0631. The summed E-state index contributed by atoms with van der Waals surface area (Å²) >= 11 is 0. The van der Waals surface area contributed by atoms with Crippen molar-refractivity contribution in [2.75, 3.05) is 5.32 Å². The first-order valence-corrected chi connectivity index (χ1v) is 9.85. The maximum absolute atomic E-state index is 12.8. The molecule has 1 N–H and O–H groups in total. The number of nitrogens with zero attached hydrogens (tertiary/aromatic N) is 4. The number of carbonyl (C=O) groups is 3. The molecule has 0 spiro atoms. The van der Waals surface area contributed by atoms with Crippen molar-refractivity contribution in [2.45, 2.75) is 13.1 Å². The van der Waals surface area contributed by atoms with Crippen LogP contribution >= 0.6 is 0 Å². The molecule has 0 bridgehead atoms. The summed E-state index contributed by atoms with van der Waals surface area (Å²) in [5, 5.41) is 7.07. The Hall–Kier alpha value is -4.53. The number of imide groups is 1. The van der Waals surface area contributed by atoms with Gasteiger partial charge in [0.25, 0.3) is 17.7 Å². The molecule has 4 heterocycles. The fourth-order valence-electron chi connectivity index (χ4n) is 3.51. The van der Waals surface area contributed by atoms with Gasteiger partial charge in [-0.25, -0.2) is 0 Å². The Morgan fingerprint density at radius 1 is 0.969 bits per heavy atom. The molecule has 32 heavy (non-hydrogen) atoms. The molecule has 158 valence electrons. The van der Waals surface area contributed by atoms with E-state index in [-0.39, 0.29) is 23.2 Å². The number of aromatic nitrogens is 3. The van der Waals surface area contributed by atoms with Gasteiger partial charge < -0.3 is 9.73 Å². The van der Waals surface area contributed by atoms with E-state index in [9.17, 15) is 14.4 Å². The van der Waals surface area contributed by atoms with E-state index in [1.54, 1.807) is 41.5 Å². The van der Waals surface area contributed by atoms with Crippen LogP contribution in [0.25, 0.3) is 0 Å². The molecule has 9 nitrogen and oxygen atoms in total. The van der Waals surface area contributed by atoms with Crippen molar-refractivity contribution in [2.24, 2.45) is 0 Å². The van der Waals surface area contributed by atoms with Crippen molar-refractivity contribution in [3.8, 4) is 0 Å². The molecule has 0 saturated heterocycles. The normalized spacial score (nSPS) is 12.8. The molecule has 1 aromatic carbocycles. The van der Waals surface area contributed by atoms with E-state index in [1.165, 1.54) is 24.5 Å². The van der Waals surface area contributed by atoms with E-state index in [1.807, 2.05) is 12.1 Å². The van der Waals surface area contributed by atoms with Gasteiger partial charge in [-0.15, -0.1) is 0 Å². The zero-order valence-corrected chi connectivity index (χ0v) is 16.8. The van der Waals surface area contributed by atoms with E-state index in [0.29, 0.717) is 18.1 Å².